The van der Waals surface area contributed by atoms with Crippen molar-refractivity contribution in [1.29, 1.82) is 0 Å². The van der Waals surface area contributed by atoms with E-state index in [-0.39, 0.29) is 29.0 Å². The average Bonchev–Trinajstić information content (AvgIpc) is 3.11. The molecule has 0 aromatic rings. The lowest BCUT2D eigenvalue weighted by Gasteiger charge is -2.50. The standard InChI is InChI=1S/C18H32N2O3/c1-12(2)17(7)20(8-13-9-22-13)14(21)18(23-17)10-15(3,4)19-16(5,6)11-18/h12-13,19H,8-11H2,1-7H3. The number of amides is 1. The van der Waals surface area contributed by atoms with Gasteiger partial charge >= 0.3 is 0 Å². The summed E-state index contributed by atoms with van der Waals surface area (Å²) in [5.74, 6) is 0.373. The summed E-state index contributed by atoms with van der Waals surface area (Å²) >= 11 is 0. The highest BCUT2D eigenvalue weighted by Crippen LogP contribution is 2.49. The van der Waals surface area contributed by atoms with E-state index in [1.807, 2.05) is 4.90 Å². The SMILES string of the molecule is CC(C)C1(C)OC2(CC(C)(C)NC(C)(C)C2)C(=O)N1CC1CO1. The van der Waals surface area contributed by atoms with Crippen molar-refractivity contribution in [3.63, 3.8) is 0 Å². The summed E-state index contributed by atoms with van der Waals surface area (Å²) in [7, 11) is 0. The van der Waals surface area contributed by atoms with E-state index in [0.717, 1.165) is 6.61 Å². The minimum Gasteiger partial charge on any atom is -0.371 e. The molecule has 23 heavy (non-hydrogen) atoms. The van der Waals surface area contributed by atoms with E-state index in [0.29, 0.717) is 19.4 Å². The van der Waals surface area contributed by atoms with Crippen molar-refractivity contribution in [3.05, 3.63) is 0 Å². The molecule has 0 saturated carbocycles. The molecule has 132 valence electrons. The molecule has 1 spiro atoms. The number of nitrogens with zero attached hydrogens (tertiary/aromatic N) is 1. The number of carbonyl (C=O) groups excluding carboxylic acids is 1. The lowest BCUT2D eigenvalue weighted by Crippen LogP contribution is -2.65. The van der Waals surface area contributed by atoms with Crippen LogP contribution in [0.1, 0.15) is 61.3 Å². The molecule has 1 amide bonds. The molecule has 3 aliphatic rings. The summed E-state index contributed by atoms with van der Waals surface area (Å²) in [5, 5.41) is 3.65. The summed E-state index contributed by atoms with van der Waals surface area (Å²) in [6.07, 6.45) is 1.58. The van der Waals surface area contributed by atoms with Gasteiger partial charge in [-0.2, -0.15) is 0 Å². The summed E-state index contributed by atoms with van der Waals surface area (Å²) < 4.78 is 12.0. The third kappa shape index (κ3) is 2.92. The zero-order chi connectivity index (χ0) is 17.3. The highest BCUT2D eigenvalue weighted by molar-refractivity contribution is 5.88. The molecule has 3 heterocycles. The summed E-state index contributed by atoms with van der Waals surface area (Å²) in [4.78, 5) is 15.4. The minimum atomic E-state index is -0.730. The predicted molar refractivity (Wildman–Crippen MR) is 89.0 cm³/mol. The van der Waals surface area contributed by atoms with Crippen molar-refractivity contribution >= 4 is 5.91 Å². The summed E-state index contributed by atoms with van der Waals surface area (Å²) in [6, 6.07) is 0. The first kappa shape index (κ1) is 17.2. The van der Waals surface area contributed by atoms with Gasteiger partial charge in [-0.1, -0.05) is 13.8 Å². The Morgan fingerprint density at radius 3 is 2.13 bits per heavy atom. The summed E-state index contributed by atoms with van der Waals surface area (Å²) in [5.41, 5.74) is -1.57. The van der Waals surface area contributed by atoms with Gasteiger partial charge in [0.2, 0.25) is 0 Å². The van der Waals surface area contributed by atoms with E-state index in [9.17, 15) is 4.79 Å². The Balaban J connectivity index is 1.97. The first-order chi connectivity index (χ1) is 10.4. The molecule has 2 unspecified atom stereocenters. The largest absolute Gasteiger partial charge is 0.371 e. The van der Waals surface area contributed by atoms with Crippen LogP contribution in [0.4, 0.5) is 0 Å². The van der Waals surface area contributed by atoms with Crippen molar-refractivity contribution in [2.45, 2.75) is 89.8 Å². The molecular formula is C18H32N2O3. The second-order valence-corrected chi connectivity index (χ2v) is 9.42. The summed E-state index contributed by atoms with van der Waals surface area (Å²) in [6.45, 7) is 16.4. The number of epoxide rings is 1. The molecule has 0 radical (unpaired) electrons. The van der Waals surface area contributed by atoms with Crippen molar-refractivity contribution in [2.24, 2.45) is 5.92 Å². The van der Waals surface area contributed by atoms with E-state index in [1.54, 1.807) is 0 Å². The van der Waals surface area contributed by atoms with Crippen LogP contribution in [0.2, 0.25) is 0 Å². The molecule has 3 saturated heterocycles. The third-order valence-electron chi connectivity index (χ3n) is 5.56. The van der Waals surface area contributed by atoms with E-state index < -0.39 is 11.3 Å². The molecule has 0 bridgehead atoms. The number of hydrogen-bond acceptors (Lipinski definition) is 4. The highest BCUT2D eigenvalue weighted by atomic mass is 16.6. The molecule has 0 aliphatic carbocycles. The Morgan fingerprint density at radius 2 is 1.70 bits per heavy atom. The molecule has 3 aliphatic heterocycles. The number of hydrogen-bond donors (Lipinski definition) is 1. The smallest absolute Gasteiger partial charge is 0.257 e. The average molecular weight is 324 g/mol. The van der Waals surface area contributed by atoms with Gasteiger partial charge in [-0.25, -0.2) is 0 Å². The monoisotopic (exact) mass is 324 g/mol. The van der Waals surface area contributed by atoms with Crippen molar-refractivity contribution < 1.29 is 14.3 Å². The van der Waals surface area contributed by atoms with Crippen molar-refractivity contribution in [1.82, 2.24) is 10.2 Å². The molecule has 3 rings (SSSR count). The quantitative estimate of drug-likeness (QED) is 0.809. The maximum Gasteiger partial charge on any atom is 0.257 e. The molecule has 0 aromatic carbocycles. The molecule has 5 heteroatoms. The van der Waals surface area contributed by atoms with E-state index in [2.05, 4.69) is 53.8 Å². The first-order valence-corrected chi connectivity index (χ1v) is 8.82. The number of rotatable bonds is 3. The molecule has 0 aromatic heterocycles. The van der Waals surface area contributed by atoms with Crippen molar-refractivity contribution in [3.8, 4) is 0 Å². The second kappa shape index (κ2) is 4.93. The van der Waals surface area contributed by atoms with Gasteiger partial charge in [0.15, 0.2) is 5.60 Å². The van der Waals surface area contributed by atoms with Gasteiger partial charge in [-0.05, 0) is 34.6 Å². The number of piperidine rings is 1. The molecule has 3 fully saturated rings. The fourth-order valence-electron chi connectivity index (χ4n) is 4.73. The van der Waals surface area contributed by atoms with Crippen LogP contribution in [0.25, 0.3) is 0 Å². The Labute approximate surface area is 140 Å². The Hall–Kier alpha value is -0.650. The molecular weight excluding hydrogens is 292 g/mol. The fourth-order valence-corrected chi connectivity index (χ4v) is 4.73. The maximum absolute atomic E-state index is 13.5. The number of carbonyl (C=O) groups is 1. The van der Waals surface area contributed by atoms with Crippen LogP contribution in [0.15, 0.2) is 0 Å². The van der Waals surface area contributed by atoms with Crippen LogP contribution < -0.4 is 5.32 Å². The zero-order valence-corrected chi connectivity index (χ0v) is 15.7. The number of ether oxygens (including phenoxy) is 2. The van der Waals surface area contributed by atoms with Crippen LogP contribution >= 0.6 is 0 Å². The Morgan fingerprint density at radius 1 is 1.17 bits per heavy atom. The van der Waals surface area contributed by atoms with E-state index >= 15 is 0 Å². The predicted octanol–water partition coefficient (Wildman–Crippen LogP) is 2.30. The normalized spacial score (nSPS) is 37.7. The van der Waals surface area contributed by atoms with E-state index in [4.69, 9.17) is 9.47 Å². The lowest BCUT2D eigenvalue weighted by atomic mass is 9.72. The zero-order valence-electron chi connectivity index (χ0n) is 15.7. The van der Waals surface area contributed by atoms with E-state index in [1.165, 1.54) is 0 Å². The Kier molecular flexibility index (Phi) is 3.68. The topological polar surface area (TPSA) is 54.1 Å². The van der Waals surface area contributed by atoms with Crippen LogP contribution in [0.3, 0.4) is 0 Å². The van der Waals surface area contributed by atoms with Crippen LogP contribution in [0, 0.1) is 5.92 Å². The van der Waals surface area contributed by atoms with Crippen LogP contribution in [0.5, 0.6) is 0 Å². The minimum absolute atomic E-state index is 0.138. The van der Waals surface area contributed by atoms with Crippen LogP contribution in [-0.4, -0.2) is 52.5 Å². The van der Waals surface area contributed by atoms with Gasteiger partial charge < -0.3 is 19.7 Å². The molecule has 2 atom stereocenters. The van der Waals surface area contributed by atoms with Gasteiger partial charge in [0.25, 0.3) is 5.91 Å². The lowest BCUT2D eigenvalue weighted by molar-refractivity contribution is -0.179. The van der Waals surface area contributed by atoms with Gasteiger partial charge in [-0.15, -0.1) is 0 Å². The van der Waals surface area contributed by atoms with Gasteiger partial charge in [0.05, 0.1) is 19.3 Å². The van der Waals surface area contributed by atoms with Crippen LogP contribution in [-0.2, 0) is 14.3 Å². The van der Waals surface area contributed by atoms with Crippen molar-refractivity contribution in [2.75, 3.05) is 13.2 Å². The number of nitrogens with one attached hydrogen (secondary N) is 1. The first-order valence-electron chi connectivity index (χ1n) is 8.82. The van der Waals surface area contributed by atoms with Gasteiger partial charge in [-0.3, -0.25) is 4.79 Å². The Bertz CT molecular complexity index is 494. The van der Waals surface area contributed by atoms with Gasteiger partial charge in [0, 0.05) is 29.8 Å². The molecule has 1 N–H and O–H groups in total. The maximum atomic E-state index is 13.5. The fraction of sp³-hybridized carbons (Fsp3) is 0.944. The van der Waals surface area contributed by atoms with Gasteiger partial charge in [0.1, 0.15) is 5.72 Å². The third-order valence-corrected chi connectivity index (χ3v) is 5.56. The second-order valence-electron chi connectivity index (χ2n) is 9.42. The molecule has 5 nitrogen and oxygen atoms in total. The highest BCUT2D eigenvalue weighted by Gasteiger charge is 2.64.